The van der Waals surface area contributed by atoms with Gasteiger partial charge in [0.15, 0.2) is 5.78 Å². The number of alkyl halides is 2. The molecular weight excluding hydrogens is 398 g/mol. The van der Waals surface area contributed by atoms with Crippen LogP contribution in [0.3, 0.4) is 0 Å². The van der Waals surface area contributed by atoms with Gasteiger partial charge in [-0.1, -0.05) is 11.6 Å². The van der Waals surface area contributed by atoms with Crippen LogP contribution in [-0.4, -0.2) is 41.0 Å². The van der Waals surface area contributed by atoms with Crippen LogP contribution in [-0.2, 0) is 0 Å². The monoisotopic (exact) mass is 422 g/mol. The average molecular weight is 423 g/mol. The Morgan fingerprint density at radius 1 is 1.21 bits per heavy atom. The molecule has 1 aliphatic heterocycles. The van der Waals surface area contributed by atoms with Crippen molar-refractivity contribution in [1.82, 2.24) is 4.98 Å². The molecule has 4 rings (SSSR count). The smallest absolute Gasteiger partial charge is 0.248 e. The number of hydrogen-bond acceptors (Lipinski definition) is 4. The van der Waals surface area contributed by atoms with Gasteiger partial charge >= 0.3 is 0 Å². The lowest BCUT2D eigenvalue weighted by Gasteiger charge is -2.28. The number of anilines is 1. The van der Waals surface area contributed by atoms with Gasteiger partial charge in [0.1, 0.15) is 5.82 Å². The van der Waals surface area contributed by atoms with Crippen molar-refractivity contribution in [3.8, 4) is 0 Å². The predicted octanol–water partition coefficient (Wildman–Crippen LogP) is 5.25. The number of ketones is 1. The highest BCUT2D eigenvalue weighted by Gasteiger charge is 2.35. The number of benzene rings is 1. The number of β-amino-alcohol motifs (C(OH)–C–C–N with tert-alkyl or cyclic N) is 1. The summed E-state index contributed by atoms with van der Waals surface area (Å²) in [5, 5.41) is 10.9. The maximum Gasteiger partial charge on any atom is 0.248 e. The molecule has 1 atom stereocenters. The summed E-state index contributed by atoms with van der Waals surface area (Å²) in [7, 11) is 0. The van der Waals surface area contributed by atoms with Crippen LogP contribution in [0.25, 0.3) is 10.9 Å². The highest BCUT2D eigenvalue weighted by atomic mass is 35.5. The summed E-state index contributed by atoms with van der Waals surface area (Å²) in [6.07, 6.45) is 2.06. The van der Waals surface area contributed by atoms with E-state index in [-0.39, 0.29) is 30.6 Å². The molecule has 7 heteroatoms. The molecule has 1 aromatic heterocycles. The average Bonchev–Trinajstić information content (AvgIpc) is 3.13. The number of rotatable bonds is 5. The number of aliphatic hydroxyl groups excluding tert-OH is 1. The summed E-state index contributed by atoms with van der Waals surface area (Å²) in [5.74, 6) is -1.67. The Labute approximate surface area is 173 Å². The van der Waals surface area contributed by atoms with E-state index in [1.54, 1.807) is 12.1 Å². The third kappa shape index (κ3) is 4.53. The summed E-state index contributed by atoms with van der Waals surface area (Å²) in [4.78, 5) is 19.6. The largest absolute Gasteiger partial charge is 0.391 e. The second kappa shape index (κ2) is 8.15. The fourth-order valence-electron chi connectivity index (χ4n) is 4.42. The van der Waals surface area contributed by atoms with Gasteiger partial charge in [-0.3, -0.25) is 4.79 Å². The van der Waals surface area contributed by atoms with Gasteiger partial charge in [-0.2, -0.15) is 0 Å². The van der Waals surface area contributed by atoms with E-state index < -0.39 is 5.92 Å². The van der Waals surface area contributed by atoms with Crippen LogP contribution in [0.15, 0.2) is 24.3 Å². The lowest BCUT2D eigenvalue weighted by atomic mass is 9.83. The minimum atomic E-state index is -2.55. The molecule has 0 radical (unpaired) electrons. The molecule has 2 aromatic rings. The van der Waals surface area contributed by atoms with E-state index in [0.717, 1.165) is 18.8 Å². The minimum absolute atomic E-state index is 0.0657. The van der Waals surface area contributed by atoms with E-state index in [4.69, 9.17) is 11.6 Å². The van der Waals surface area contributed by atoms with Crippen LogP contribution in [0.4, 0.5) is 14.6 Å². The third-order valence-corrected chi connectivity index (χ3v) is 6.50. The third-order valence-electron chi connectivity index (χ3n) is 6.19. The molecule has 2 aliphatic rings. The van der Waals surface area contributed by atoms with E-state index in [9.17, 15) is 18.7 Å². The van der Waals surface area contributed by atoms with Crippen molar-refractivity contribution in [3.05, 3.63) is 34.9 Å². The van der Waals surface area contributed by atoms with Crippen LogP contribution in [0.1, 0.15) is 55.3 Å². The molecule has 1 saturated carbocycles. The normalized spacial score (nSPS) is 22.3. The van der Waals surface area contributed by atoms with Gasteiger partial charge < -0.3 is 10.0 Å². The van der Waals surface area contributed by atoms with Crippen molar-refractivity contribution in [2.45, 2.75) is 57.0 Å². The molecule has 2 fully saturated rings. The molecule has 156 valence electrons. The number of pyridine rings is 1. The molecule has 1 aliphatic carbocycles. The molecule has 0 amide bonds. The van der Waals surface area contributed by atoms with E-state index >= 15 is 0 Å². The van der Waals surface area contributed by atoms with Gasteiger partial charge in [-0.15, -0.1) is 0 Å². The van der Waals surface area contributed by atoms with Crippen molar-refractivity contribution >= 4 is 34.1 Å². The zero-order valence-electron chi connectivity index (χ0n) is 16.2. The molecule has 4 nitrogen and oxygen atoms in total. The molecule has 29 heavy (non-hydrogen) atoms. The van der Waals surface area contributed by atoms with Gasteiger partial charge in [-0.05, 0) is 55.9 Å². The van der Waals surface area contributed by atoms with Crippen molar-refractivity contribution in [2.24, 2.45) is 5.92 Å². The Balaban J connectivity index is 1.50. The number of aliphatic hydroxyl groups is 1. The second-order valence-corrected chi connectivity index (χ2v) is 8.72. The zero-order valence-corrected chi connectivity index (χ0v) is 17.0. The van der Waals surface area contributed by atoms with Crippen LogP contribution in [0.2, 0.25) is 5.02 Å². The van der Waals surface area contributed by atoms with Gasteiger partial charge in [-0.25, -0.2) is 13.8 Å². The van der Waals surface area contributed by atoms with Crippen molar-refractivity contribution in [3.63, 3.8) is 0 Å². The maximum absolute atomic E-state index is 13.3. The molecular formula is C22H25ClF2N2O2. The van der Waals surface area contributed by atoms with Crippen LogP contribution in [0.5, 0.6) is 0 Å². The van der Waals surface area contributed by atoms with Crippen LogP contribution in [0, 0.1) is 5.92 Å². The van der Waals surface area contributed by atoms with Crippen LogP contribution < -0.4 is 4.90 Å². The summed E-state index contributed by atoms with van der Waals surface area (Å²) in [6.45, 7) is 1.30. The zero-order chi connectivity index (χ0) is 20.6. The summed E-state index contributed by atoms with van der Waals surface area (Å²) in [6, 6.07) is 7.21. The van der Waals surface area contributed by atoms with Crippen molar-refractivity contribution < 1.29 is 18.7 Å². The SMILES string of the molecule is O=C(CCC1CCC(F)(F)CC1)c1c(Cl)ccc2nc(N3CC[C@@H](O)C3)ccc12. The fraction of sp³-hybridized carbons (Fsp3) is 0.545. The van der Waals surface area contributed by atoms with Crippen LogP contribution >= 0.6 is 11.6 Å². The van der Waals surface area contributed by atoms with Gasteiger partial charge in [0.05, 0.1) is 16.6 Å². The quantitative estimate of drug-likeness (QED) is 0.669. The highest BCUT2D eigenvalue weighted by Crippen LogP contribution is 2.38. The Bertz CT molecular complexity index is 911. The molecule has 0 bridgehead atoms. The number of aromatic nitrogens is 1. The Kier molecular flexibility index (Phi) is 5.76. The lowest BCUT2D eigenvalue weighted by molar-refractivity contribution is -0.0464. The number of fused-ring (bicyclic) bond motifs is 1. The number of nitrogens with zero attached hydrogens (tertiary/aromatic N) is 2. The molecule has 1 aromatic carbocycles. The first-order valence-electron chi connectivity index (χ1n) is 10.3. The fourth-order valence-corrected chi connectivity index (χ4v) is 4.70. The number of hydrogen-bond donors (Lipinski definition) is 1. The number of carbonyl (C=O) groups is 1. The molecule has 0 unspecified atom stereocenters. The minimum Gasteiger partial charge on any atom is -0.391 e. The van der Waals surface area contributed by atoms with Crippen molar-refractivity contribution in [2.75, 3.05) is 18.0 Å². The summed E-state index contributed by atoms with van der Waals surface area (Å²) in [5.41, 5.74) is 1.15. The second-order valence-electron chi connectivity index (χ2n) is 8.31. The first kappa shape index (κ1) is 20.5. The molecule has 1 N–H and O–H groups in total. The molecule has 1 saturated heterocycles. The lowest BCUT2D eigenvalue weighted by Crippen LogP contribution is -2.24. The Morgan fingerprint density at radius 2 is 1.97 bits per heavy atom. The Hall–Kier alpha value is -1.79. The van der Waals surface area contributed by atoms with E-state index in [0.29, 0.717) is 53.7 Å². The predicted molar refractivity (Wildman–Crippen MR) is 110 cm³/mol. The topological polar surface area (TPSA) is 53.4 Å². The molecule has 2 heterocycles. The van der Waals surface area contributed by atoms with E-state index in [2.05, 4.69) is 4.98 Å². The van der Waals surface area contributed by atoms with Gasteiger partial charge in [0, 0.05) is 43.3 Å². The first-order chi connectivity index (χ1) is 13.8. The van der Waals surface area contributed by atoms with Gasteiger partial charge in [0.2, 0.25) is 5.92 Å². The number of halogens is 3. The number of Topliss-reactive ketones (excluding diaryl/α,β-unsaturated/α-hetero) is 1. The van der Waals surface area contributed by atoms with E-state index in [1.807, 2.05) is 17.0 Å². The molecule has 0 spiro atoms. The maximum atomic E-state index is 13.3. The summed E-state index contributed by atoms with van der Waals surface area (Å²) < 4.78 is 26.7. The Morgan fingerprint density at radius 3 is 2.66 bits per heavy atom. The van der Waals surface area contributed by atoms with Crippen molar-refractivity contribution in [1.29, 1.82) is 0 Å². The van der Waals surface area contributed by atoms with Gasteiger partial charge in [0.25, 0.3) is 0 Å². The standard InChI is InChI=1S/C22H25ClF2N2O2/c23-17-3-4-18-16(2-6-20(26-18)27-12-9-15(28)13-27)21(17)19(29)5-1-14-7-10-22(24,25)11-8-14/h2-4,6,14-15,28H,1,5,7-13H2/t15-/m1/s1. The van der Waals surface area contributed by atoms with E-state index in [1.165, 1.54) is 0 Å². The first-order valence-corrected chi connectivity index (χ1v) is 10.6. The summed E-state index contributed by atoms with van der Waals surface area (Å²) >= 11 is 6.35. The number of carbonyl (C=O) groups excluding carboxylic acids is 1. The highest BCUT2D eigenvalue weighted by molar-refractivity contribution is 6.35.